The molecular weight excluding hydrogens is 202 g/mol. The first-order valence-electron chi connectivity index (χ1n) is 5.78. The molecule has 0 aliphatic heterocycles. The van der Waals surface area contributed by atoms with Crippen molar-refractivity contribution in [1.82, 2.24) is 24.9 Å². The minimum absolute atomic E-state index is 0.582. The molecule has 84 valence electrons. The van der Waals surface area contributed by atoms with Gasteiger partial charge in [-0.3, -0.25) is 0 Å². The number of hydrogen-bond acceptors (Lipinski definition) is 4. The Morgan fingerprint density at radius 2 is 2.38 bits per heavy atom. The van der Waals surface area contributed by atoms with Gasteiger partial charge >= 0.3 is 0 Å². The maximum Gasteiger partial charge on any atom is 0.252 e. The Kier molecular flexibility index (Phi) is 2.32. The van der Waals surface area contributed by atoms with Gasteiger partial charge in [-0.2, -0.15) is 4.98 Å². The Bertz CT molecular complexity index is 500. The van der Waals surface area contributed by atoms with E-state index in [0.29, 0.717) is 11.7 Å². The molecule has 2 heterocycles. The summed E-state index contributed by atoms with van der Waals surface area (Å²) in [6.45, 7) is 3.88. The van der Waals surface area contributed by atoms with E-state index in [4.69, 9.17) is 0 Å². The molecule has 0 amide bonds. The van der Waals surface area contributed by atoms with Crippen molar-refractivity contribution in [3.63, 3.8) is 0 Å². The van der Waals surface area contributed by atoms with E-state index in [0.717, 1.165) is 24.5 Å². The van der Waals surface area contributed by atoms with E-state index in [1.165, 1.54) is 12.8 Å². The van der Waals surface area contributed by atoms with Crippen molar-refractivity contribution in [2.24, 2.45) is 0 Å². The van der Waals surface area contributed by atoms with Crippen LogP contribution in [-0.2, 0) is 6.54 Å². The van der Waals surface area contributed by atoms with Crippen molar-refractivity contribution in [2.75, 3.05) is 6.54 Å². The predicted molar refractivity (Wildman–Crippen MR) is 60.1 cm³/mol. The molecule has 2 aromatic rings. The second-order valence-electron chi connectivity index (χ2n) is 4.23. The smallest absolute Gasteiger partial charge is 0.252 e. The van der Waals surface area contributed by atoms with E-state index in [1.807, 2.05) is 12.4 Å². The molecule has 1 N–H and O–H groups in total. The minimum Gasteiger partial charge on any atom is -0.313 e. The zero-order valence-electron chi connectivity index (χ0n) is 9.35. The summed E-state index contributed by atoms with van der Waals surface area (Å²) in [5.41, 5.74) is 1.14. The van der Waals surface area contributed by atoms with Gasteiger partial charge in [0, 0.05) is 30.4 Å². The fourth-order valence-corrected chi connectivity index (χ4v) is 1.71. The summed E-state index contributed by atoms with van der Waals surface area (Å²) in [4.78, 5) is 8.73. The van der Waals surface area contributed by atoms with Crippen LogP contribution in [0.1, 0.15) is 37.1 Å². The first kappa shape index (κ1) is 9.72. The first-order chi connectivity index (χ1) is 7.86. The highest BCUT2D eigenvalue weighted by Crippen LogP contribution is 2.37. The van der Waals surface area contributed by atoms with Crippen molar-refractivity contribution in [2.45, 2.75) is 32.2 Å². The minimum atomic E-state index is 0.582. The summed E-state index contributed by atoms with van der Waals surface area (Å²) in [6.07, 6.45) is 6.31. The van der Waals surface area contributed by atoms with Gasteiger partial charge in [-0.25, -0.2) is 9.50 Å². The van der Waals surface area contributed by atoms with Crippen LogP contribution in [0.4, 0.5) is 0 Å². The average molecular weight is 217 g/mol. The van der Waals surface area contributed by atoms with Gasteiger partial charge in [-0.15, -0.1) is 5.10 Å². The molecule has 1 aliphatic carbocycles. The fourth-order valence-electron chi connectivity index (χ4n) is 1.71. The fraction of sp³-hybridized carbons (Fsp3) is 0.545. The maximum absolute atomic E-state index is 4.46. The molecule has 16 heavy (non-hydrogen) atoms. The lowest BCUT2D eigenvalue weighted by molar-refractivity contribution is 0.716. The Balaban J connectivity index is 1.90. The standard InChI is InChI=1S/C11H15N5/c1-2-12-5-8-6-13-11-14-10(9-3-4-9)15-16(11)7-8/h6-7,9,12H,2-5H2,1H3. The summed E-state index contributed by atoms with van der Waals surface area (Å²) in [5, 5.41) is 7.73. The molecular formula is C11H15N5. The number of rotatable bonds is 4. The monoisotopic (exact) mass is 217 g/mol. The molecule has 1 aliphatic rings. The summed E-state index contributed by atoms with van der Waals surface area (Å²) in [6, 6.07) is 0. The van der Waals surface area contributed by atoms with Gasteiger partial charge in [0.25, 0.3) is 5.78 Å². The van der Waals surface area contributed by atoms with Crippen LogP contribution in [0.2, 0.25) is 0 Å². The Hall–Kier alpha value is -1.49. The molecule has 3 rings (SSSR count). The molecule has 0 radical (unpaired) electrons. The van der Waals surface area contributed by atoms with E-state index in [2.05, 4.69) is 27.3 Å². The van der Waals surface area contributed by atoms with Gasteiger partial charge in [0.2, 0.25) is 0 Å². The molecule has 0 unspecified atom stereocenters. The second kappa shape index (κ2) is 3.83. The molecule has 0 spiro atoms. The summed E-state index contributed by atoms with van der Waals surface area (Å²) >= 11 is 0. The molecule has 5 heteroatoms. The van der Waals surface area contributed by atoms with Gasteiger partial charge in [0.15, 0.2) is 5.82 Å². The van der Waals surface area contributed by atoms with Crippen LogP contribution in [0.15, 0.2) is 12.4 Å². The van der Waals surface area contributed by atoms with Gasteiger partial charge in [-0.05, 0) is 19.4 Å². The van der Waals surface area contributed by atoms with Gasteiger partial charge in [-0.1, -0.05) is 6.92 Å². The highest BCUT2D eigenvalue weighted by molar-refractivity contribution is 5.29. The zero-order valence-corrected chi connectivity index (χ0v) is 9.35. The van der Waals surface area contributed by atoms with Gasteiger partial charge in [0.05, 0.1) is 0 Å². The molecule has 5 nitrogen and oxygen atoms in total. The van der Waals surface area contributed by atoms with Crippen LogP contribution in [0.5, 0.6) is 0 Å². The summed E-state index contributed by atoms with van der Waals surface area (Å²) in [5.74, 6) is 2.24. The topological polar surface area (TPSA) is 55.1 Å². The number of nitrogens with zero attached hydrogens (tertiary/aromatic N) is 4. The number of fused-ring (bicyclic) bond motifs is 1. The van der Waals surface area contributed by atoms with Gasteiger partial charge in [0.1, 0.15) is 0 Å². The lowest BCUT2D eigenvalue weighted by Gasteiger charge is -2.00. The average Bonchev–Trinajstić information content (AvgIpc) is 3.06. The van der Waals surface area contributed by atoms with Crippen molar-refractivity contribution in [3.8, 4) is 0 Å². The Labute approximate surface area is 93.9 Å². The van der Waals surface area contributed by atoms with E-state index in [1.54, 1.807) is 4.52 Å². The van der Waals surface area contributed by atoms with Crippen molar-refractivity contribution >= 4 is 5.78 Å². The van der Waals surface area contributed by atoms with E-state index >= 15 is 0 Å². The van der Waals surface area contributed by atoms with Crippen LogP contribution in [0.3, 0.4) is 0 Å². The summed E-state index contributed by atoms with van der Waals surface area (Å²) < 4.78 is 1.79. The number of aromatic nitrogens is 4. The van der Waals surface area contributed by atoms with E-state index in [-0.39, 0.29) is 0 Å². The SMILES string of the molecule is CCNCc1cnc2nc(C3CC3)nn2c1. The van der Waals surface area contributed by atoms with Gasteiger partial charge < -0.3 is 5.32 Å². The molecule has 0 bridgehead atoms. The predicted octanol–water partition coefficient (Wildman–Crippen LogP) is 1.11. The number of hydrogen-bond donors (Lipinski definition) is 1. The quantitative estimate of drug-likeness (QED) is 0.833. The molecule has 0 atom stereocenters. The van der Waals surface area contributed by atoms with E-state index in [9.17, 15) is 0 Å². The second-order valence-corrected chi connectivity index (χ2v) is 4.23. The number of nitrogens with one attached hydrogen (secondary N) is 1. The maximum atomic E-state index is 4.46. The molecule has 0 aromatic carbocycles. The third kappa shape index (κ3) is 1.78. The van der Waals surface area contributed by atoms with E-state index < -0.39 is 0 Å². The van der Waals surface area contributed by atoms with Crippen LogP contribution in [0, 0.1) is 0 Å². The third-order valence-corrected chi connectivity index (χ3v) is 2.79. The van der Waals surface area contributed by atoms with Crippen molar-refractivity contribution in [1.29, 1.82) is 0 Å². The summed E-state index contributed by atoms with van der Waals surface area (Å²) in [7, 11) is 0. The largest absolute Gasteiger partial charge is 0.313 e. The normalized spacial score (nSPS) is 15.8. The molecule has 0 saturated heterocycles. The highest BCUT2D eigenvalue weighted by Gasteiger charge is 2.28. The lowest BCUT2D eigenvalue weighted by atomic mass is 10.3. The molecule has 2 aromatic heterocycles. The highest BCUT2D eigenvalue weighted by atomic mass is 15.3. The molecule has 1 fully saturated rings. The molecule has 1 saturated carbocycles. The Morgan fingerprint density at radius 3 is 3.12 bits per heavy atom. The lowest BCUT2D eigenvalue weighted by Crippen LogP contribution is -2.12. The zero-order chi connectivity index (χ0) is 11.0. The van der Waals surface area contributed by atoms with Crippen LogP contribution in [0.25, 0.3) is 5.78 Å². The van der Waals surface area contributed by atoms with Crippen LogP contribution in [-0.4, -0.2) is 26.1 Å². The first-order valence-corrected chi connectivity index (χ1v) is 5.78. The van der Waals surface area contributed by atoms with Crippen molar-refractivity contribution < 1.29 is 0 Å². The van der Waals surface area contributed by atoms with Crippen molar-refractivity contribution in [3.05, 3.63) is 23.8 Å². The van der Waals surface area contributed by atoms with Crippen LogP contribution >= 0.6 is 0 Å². The third-order valence-electron chi connectivity index (χ3n) is 2.79. The Morgan fingerprint density at radius 1 is 1.50 bits per heavy atom. The van der Waals surface area contributed by atoms with Crippen LogP contribution < -0.4 is 5.32 Å².